The monoisotopic (exact) mass is 383 g/mol. The van der Waals surface area contributed by atoms with E-state index in [1.54, 1.807) is 12.1 Å². The maximum absolute atomic E-state index is 10.9. The Morgan fingerprint density at radius 3 is 2.55 bits per heavy atom. The molecule has 0 fully saturated rings. The minimum absolute atomic E-state index is 0.234. The number of hydrogen-bond acceptors (Lipinski definition) is 2. The van der Waals surface area contributed by atoms with Crippen molar-refractivity contribution in [3.8, 4) is 5.75 Å². The van der Waals surface area contributed by atoms with Crippen LogP contribution in [-0.4, -0.2) is 23.8 Å². The smallest absolute Gasteiger partial charge is 0.405 e. The molecule has 1 unspecified atom stereocenters. The largest absolute Gasteiger partial charge is 0.490 e. The van der Waals surface area contributed by atoms with Gasteiger partial charge in [0, 0.05) is 5.02 Å². The van der Waals surface area contributed by atoms with Gasteiger partial charge in [0.2, 0.25) is 0 Å². The lowest BCUT2D eigenvalue weighted by atomic mass is 10.1. The predicted molar refractivity (Wildman–Crippen MR) is 89.7 cm³/mol. The summed E-state index contributed by atoms with van der Waals surface area (Å²) in [5.74, 6) is 0.677. The first-order valence-corrected chi connectivity index (χ1v) is 7.83. The van der Waals surface area contributed by atoms with Crippen LogP contribution in [0.4, 0.5) is 4.79 Å². The molecular weight excluding hydrogens is 370 g/mol. The minimum atomic E-state index is -1.07. The van der Waals surface area contributed by atoms with Crippen LogP contribution in [0.2, 0.25) is 5.02 Å². The number of carbonyl (C=O) groups is 1. The average Bonchev–Trinajstić information content (AvgIpc) is 2.48. The van der Waals surface area contributed by atoms with Crippen LogP contribution in [0, 0.1) is 0 Å². The van der Waals surface area contributed by atoms with Crippen molar-refractivity contribution < 1.29 is 14.6 Å². The summed E-state index contributed by atoms with van der Waals surface area (Å²) in [5, 5.41) is 12.1. The van der Waals surface area contributed by atoms with Crippen LogP contribution >= 0.6 is 27.5 Å². The summed E-state index contributed by atoms with van der Waals surface area (Å²) in [7, 11) is 0. The zero-order valence-corrected chi connectivity index (χ0v) is 14.0. The standard InChI is InChI=1S/C16H15BrClNO3/c17-14-3-1-2-4-15(14)22-10-13(19-16(20)21)9-11-5-7-12(18)8-6-11/h1-8,13,19H,9-10H2,(H,20,21). The molecule has 2 aromatic carbocycles. The Balaban J connectivity index is 2.01. The fourth-order valence-corrected chi connectivity index (χ4v) is 2.51. The van der Waals surface area contributed by atoms with Crippen LogP contribution in [0.1, 0.15) is 5.56 Å². The molecule has 2 rings (SSSR count). The molecule has 1 amide bonds. The summed E-state index contributed by atoms with van der Waals surface area (Å²) in [5.41, 5.74) is 0.985. The van der Waals surface area contributed by atoms with Gasteiger partial charge in [0.25, 0.3) is 0 Å². The highest BCUT2D eigenvalue weighted by Crippen LogP contribution is 2.24. The topological polar surface area (TPSA) is 58.6 Å². The Kier molecular flexibility index (Phi) is 6.10. The second kappa shape index (κ2) is 8.06. The molecule has 0 aliphatic rings. The van der Waals surface area contributed by atoms with Crippen LogP contribution < -0.4 is 10.1 Å². The molecule has 0 saturated heterocycles. The molecule has 0 bridgehead atoms. The average molecular weight is 385 g/mol. The minimum Gasteiger partial charge on any atom is -0.490 e. The maximum atomic E-state index is 10.9. The van der Waals surface area contributed by atoms with Crippen LogP contribution in [0.5, 0.6) is 5.75 Å². The molecule has 0 saturated carbocycles. The van der Waals surface area contributed by atoms with E-state index in [2.05, 4.69) is 21.2 Å². The van der Waals surface area contributed by atoms with Gasteiger partial charge in [-0.15, -0.1) is 0 Å². The van der Waals surface area contributed by atoms with E-state index in [-0.39, 0.29) is 12.6 Å². The van der Waals surface area contributed by atoms with Gasteiger partial charge in [-0.25, -0.2) is 4.79 Å². The first-order chi connectivity index (χ1) is 10.5. The van der Waals surface area contributed by atoms with Crippen molar-refractivity contribution in [1.82, 2.24) is 5.32 Å². The van der Waals surface area contributed by atoms with Gasteiger partial charge < -0.3 is 15.2 Å². The van der Waals surface area contributed by atoms with Crippen molar-refractivity contribution in [3.63, 3.8) is 0 Å². The van der Waals surface area contributed by atoms with Crippen LogP contribution in [0.3, 0.4) is 0 Å². The number of benzene rings is 2. The fourth-order valence-electron chi connectivity index (χ4n) is 1.98. The first kappa shape index (κ1) is 16.6. The Hall–Kier alpha value is -1.72. The predicted octanol–water partition coefficient (Wildman–Crippen LogP) is 4.36. The Labute approximate surface area is 142 Å². The summed E-state index contributed by atoms with van der Waals surface area (Å²) in [6.45, 7) is 0.234. The second-order valence-electron chi connectivity index (χ2n) is 4.72. The normalized spacial score (nSPS) is 11.7. The summed E-state index contributed by atoms with van der Waals surface area (Å²) in [6, 6.07) is 14.4. The number of hydrogen-bond donors (Lipinski definition) is 2. The van der Waals surface area contributed by atoms with E-state index in [0.717, 1.165) is 10.0 Å². The van der Waals surface area contributed by atoms with Crippen LogP contribution in [-0.2, 0) is 6.42 Å². The van der Waals surface area contributed by atoms with Gasteiger partial charge >= 0.3 is 6.09 Å². The van der Waals surface area contributed by atoms with E-state index in [1.807, 2.05) is 36.4 Å². The Morgan fingerprint density at radius 1 is 1.23 bits per heavy atom. The third-order valence-corrected chi connectivity index (χ3v) is 3.91. The van der Waals surface area contributed by atoms with Crippen molar-refractivity contribution in [3.05, 3.63) is 63.6 Å². The molecule has 22 heavy (non-hydrogen) atoms. The quantitative estimate of drug-likeness (QED) is 0.778. The first-order valence-electron chi connectivity index (χ1n) is 6.66. The number of ether oxygens (including phenoxy) is 1. The summed E-state index contributed by atoms with van der Waals surface area (Å²) >= 11 is 9.25. The van der Waals surface area contributed by atoms with E-state index in [4.69, 9.17) is 21.4 Å². The lowest BCUT2D eigenvalue weighted by Crippen LogP contribution is -2.39. The molecule has 0 spiro atoms. The van der Waals surface area contributed by atoms with Crippen molar-refractivity contribution in [2.75, 3.05) is 6.61 Å². The van der Waals surface area contributed by atoms with E-state index < -0.39 is 6.09 Å². The zero-order chi connectivity index (χ0) is 15.9. The summed E-state index contributed by atoms with van der Waals surface area (Å²) < 4.78 is 6.53. The number of nitrogens with one attached hydrogen (secondary N) is 1. The molecule has 0 aliphatic heterocycles. The highest BCUT2D eigenvalue weighted by molar-refractivity contribution is 9.10. The molecule has 4 nitrogen and oxygen atoms in total. The fraction of sp³-hybridized carbons (Fsp3) is 0.188. The van der Waals surface area contributed by atoms with Crippen molar-refractivity contribution in [1.29, 1.82) is 0 Å². The third-order valence-electron chi connectivity index (χ3n) is 3.00. The highest BCUT2D eigenvalue weighted by Gasteiger charge is 2.14. The maximum Gasteiger partial charge on any atom is 0.405 e. The molecule has 2 N–H and O–H groups in total. The molecule has 2 aromatic rings. The molecule has 0 radical (unpaired) electrons. The summed E-state index contributed by atoms with van der Waals surface area (Å²) in [4.78, 5) is 10.9. The highest BCUT2D eigenvalue weighted by atomic mass is 79.9. The number of amides is 1. The lowest BCUT2D eigenvalue weighted by molar-refractivity contribution is 0.180. The molecule has 1 atom stereocenters. The summed E-state index contributed by atoms with van der Waals surface area (Å²) in [6.07, 6.45) is -0.553. The van der Waals surface area contributed by atoms with Crippen molar-refractivity contribution >= 4 is 33.6 Å². The second-order valence-corrected chi connectivity index (χ2v) is 6.01. The molecule has 0 aliphatic carbocycles. The Morgan fingerprint density at radius 2 is 1.91 bits per heavy atom. The SMILES string of the molecule is O=C(O)NC(COc1ccccc1Br)Cc1ccc(Cl)cc1. The van der Waals surface area contributed by atoms with Crippen molar-refractivity contribution in [2.45, 2.75) is 12.5 Å². The lowest BCUT2D eigenvalue weighted by Gasteiger charge is -2.18. The molecule has 116 valence electrons. The van der Waals surface area contributed by atoms with E-state index in [0.29, 0.717) is 17.2 Å². The van der Waals surface area contributed by atoms with Crippen LogP contribution in [0.25, 0.3) is 0 Å². The van der Waals surface area contributed by atoms with Gasteiger partial charge in [-0.3, -0.25) is 0 Å². The van der Waals surface area contributed by atoms with Crippen molar-refractivity contribution in [2.24, 2.45) is 0 Å². The van der Waals surface area contributed by atoms with Gasteiger partial charge in [-0.05, 0) is 52.2 Å². The van der Waals surface area contributed by atoms with Gasteiger partial charge in [-0.1, -0.05) is 35.9 Å². The number of para-hydroxylation sites is 1. The molecule has 0 heterocycles. The number of carboxylic acid groups (broad SMARTS) is 1. The number of rotatable bonds is 6. The molecule has 0 aromatic heterocycles. The van der Waals surface area contributed by atoms with Gasteiger partial charge in [0.1, 0.15) is 12.4 Å². The van der Waals surface area contributed by atoms with E-state index in [1.165, 1.54) is 0 Å². The van der Waals surface area contributed by atoms with E-state index in [9.17, 15) is 4.79 Å². The molecular formula is C16H15BrClNO3. The van der Waals surface area contributed by atoms with Crippen LogP contribution in [0.15, 0.2) is 53.0 Å². The van der Waals surface area contributed by atoms with Gasteiger partial charge in [0.05, 0.1) is 10.5 Å². The number of halogens is 2. The van der Waals surface area contributed by atoms with Gasteiger partial charge in [-0.2, -0.15) is 0 Å². The third kappa shape index (κ3) is 5.24. The van der Waals surface area contributed by atoms with E-state index >= 15 is 0 Å². The Bertz CT molecular complexity index is 634. The van der Waals surface area contributed by atoms with Gasteiger partial charge in [0.15, 0.2) is 0 Å². The zero-order valence-electron chi connectivity index (χ0n) is 11.6. The molecule has 6 heteroatoms.